The number of fused-ring (bicyclic) bond motifs is 5. The standard InChI is InChI=1S/C20H25O2.ClH.Hg/c1-18-9-6-14(21)12-13(18)4-5-15-16(18)7-10-19(2)17(15)8-11-20(19,3)22;;/h4-5,9,12,15-17,22H,7-8,10-11H2,1-3H3;1H;/q;;+1/p-1/t15-,16+,17+,18+,19+,20+;;/m1../s1. The van der Waals surface area contributed by atoms with Crippen LogP contribution in [0.1, 0.15) is 46.5 Å². The minimum absolute atomic E-state index is 0.0135. The van der Waals surface area contributed by atoms with Crippen molar-refractivity contribution in [2.75, 3.05) is 0 Å². The van der Waals surface area contributed by atoms with Gasteiger partial charge in [0.15, 0.2) is 0 Å². The third-order valence-electron chi connectivity index (χ3n) is 8.01. The molecule has 0 unspecified atom stereocenters. The second kappa shape index (κ2) is 5.53. The Kier molecular flexibility index (Phi) is 4.03. The molecule has 4 heteroatoms. The molecule has 0 spiro atoms. The summed E-state index contributed by atoms with van der Waals surface area (Å²) in [5.41, 5.74) is 0.585. The predicted octanol–water partition coefficient (Wildman–Crippen LogP) is 4.39. The van der Waals surface area contributed by atoms with Gasteiger partial charge in [-0.15, -0.1) is 0 Å². The summed E-state index contributed by atoms with van der Waals surface area (Å²) in [6, 6.07) is 0. The Hall–Kier alpha value is 0.0751. The maximum atomic E-state index is 12.3. The van der Waals surface area contributed by atoms with Gasteiger partial charge in [0, 0.05) is 0 Å². The molecule has 0 amide bonds. The fourth-order valence-corrected chi connectivity index (χ4v) is 10.9. The van der Waals surface area contributed by atoms with E-state index in [1.807, 2.05) is 13.0 Å². The van der Waals surface area contributed by atoms with Gasteiger partial charge in [-0.2, -0.15) is 0 Å². The van der Waals surface area contributed by atoms with E-state index in [1.54, 1.807) is 0 Å². The van der Waals surface area contributed by atoms with Crippen LogP contribution in [0.4, 0.5) is 0 Å². The molecule has 24 heavy (non-hydrogen) atoms. The van der Waals surface area contributed by atoms with E-state index in [9.17, 15) is 9.90 Å². The molecule has 1 N–H and O–H groups in total. The molecule has 0 aromatic rings. The van der Waals surface area contributed by atoms with E-state index < -0.39 is 28.9 Å². The molecule has 0 aromatic heterocycles. The first-order chi connectivity index (χ1) is 11.2. The molecule has 2 saturated carbocycles. The Balaban J connectivity index is 1.78. The van der Waals surface area contributed by atoms with Crippen LogP contribution in [0, 0.1) is 28.6 Å². The Bertz CT molecular complexity index is 692. The van der Waals surface area contributed by atoms with Crippen molar-refractivity contribution in [2.24, 2.45) is 28.6 Å². The molecule has 0 aliphatic heterocycles. The predicted molar refractivity (Wildman–Crippen MR) is 91.9 cm³/mol. The average Bonchev–Trinajstić information content (AvgIpc) is 2.77. The number of carbonyl (C=O) groups excluding carboxylic acids is 1. The van der Waals surface area contributed by atoms with E-state index in [0.717, 1.165) is 28.8 Å². The molecule has 4 rings (SSSR count). The summed E-state index contributed by atoms with van der Waals surface area (Å²) in [5.74, 6) is 1.72. The van der Waals surface area contributed by atoms with Gasteiger partial charge >= 0.3 is 161 Å². The molecule has 0 radical (unpaired) electrons. The van der Waals surface area contributed by atoms with Crippen molar-refractivity contribution in [3.05, 3.63) is 33.0 Å². The van der Waals surface area contributed by atoms with Gasteiger partial charge in [0.25, 0.3) is 0 Å². The summed E-state index contributed by atoms with van der Waals surface area (Å²) in [7, 11) is 6.24. The number of carbonyl (C=O) groups is 1. The Labute approximate surface area is 160 Å². The molecule has 6 atom stereocenters. The van der Waals surface area contributed by atoms with Gasteiger partial charge < -0.3 is 0 Å². The minimum atomic E-state index is -1.72. The van der Waals surface area contributed by atoms with E-state index in [0.29, 0.717) is 17.8 Å². The fraction of sp³-hybridized carbons (Fsp3) is 0.650. The van der Waals surface area contributed by atoms with E-state index in [2.05, 4.69) is 32.1 Å². The topological polar surface area (TPSA) is 37.3 Å². The van der Waals surface area contributed by atoms with E-state index in [-0.39, 0.29) is 16.6 Å². The van der Waals surface area contributed by atoms with Crippen LogP contribution < -0.4 is 0 Å². The average molecular weight is 533 g/mol. The van der Waals surface area contributed by atoms with Crippen LogP contribution >= 0.6 is 8.25 Å². The number of allylic oxidation sites excluding steroid dienone is 6. The molecule has 0 heterocycles. The van der Waals surface area contributed by atoms with Crippen LogP contribution in [0.15, 0.2) is 33.0 Å². The number of hydrogen-bond acceptors (Lipinski definition) is 2. The third kappa shape index (κ3) is 2.18. The van der Waals surface area contributed by atoms with Crippen molar-refractivity contribution in [2.45, 2.75) is 52.1 Å². The summed E-state index contributed by atoms with van der Waals surface area (Å²) < 4.78 is 0.962. The van der Waals surface area contributed by atoms with Crippen molar-refractivity contribution in [3.63, 3.8) is 0 Å². The fourth-order valence-electron chi connectivity index (χ4n) is 6.18. The second-order valence-electron chi connectivity index (χ2n) is 8.97. The van der Waals surface area contributed by atoms with Crippen LogP contribution in [0.25, 0.3) is 0 Å². The first-order valence-corrected chi connectivity index (χ1v) is 18.7. The quantitative estimate of drug-likeness (QED) is 0.508. The summed E-state index contributed by atoms with van der Waals surface area (Å²) >= 11 is -1.72. The Morgan fingerprint density at radius 3 is 2.62 bits per heavy atom. The molecule has 2 nitrogen and oxygen atoms in total. The maximum absolute atomic E-state index is 12.3. The van der Waals surface area contributed by atoms with Gasteiger partial charge in [-0.3, -0.25) is 0 Å². The van der Waals surface area contributed by atoms with Crippen molar-refractivity contribution in [3.8, 4) is 0 Å². The third-order valence-corrected chi connectivity index (χ3v) is 13.8. The van der Waals surface area contributed by atoms with Crippen molar-refractivity contribution in [1.29, 1.82) is 0 Å². The number of rotatable bonds is 1. The normalized spacial score (nSPS) is 49.5. The molecule has 2 fully saturated rings. The SMILES string of the molecule is C[C@]12C=[C]([Hg][Cl])C(=O)C=C1C=C[C@@H]1[C@@H]2CC[C@@]2(C)[C@H]1CC[C@]2(C)O. The van der Waals surface area contributed by atoms with E-state index >= 15 is 0 Å². The van der Waals surface area contributed by atoms with Gasteiger partial charge in [-0.05, 0) is 0 Å². The van der Waals surface area contributed by atoms with Gasteiger partial charge in [-0.1, -0.05) is 0 Å². The summed E-state index contributed by atoms with van der Waals surface area (Å²) in [4.78, 5) is 12.3. The van der Waals surface area contributed by atoms with E-state index in [4.69, 9.17) is 8.25 Å². The molecule has 0 aromatic carbocycles. The monoisotopic (exact) mass is 534 g/mol. The van der Waals surface area contributed by atoms with E-state index in [1.165, 1.54) is 5.57 Å². The Morgan fingerprint density at radius 1 is 1.21 bits per heavy atom. The zero-order valence-corrected chi connectivity index (χ0v) is 21.1. The van der Waals surface area contributed by atoms with Crippen molar-refractivity contribution < 1.29 is 33.2 Å². The van der Waals surface area contributed by atoms with Crippen molar-refractivity contribution >= 4 is 14.0 Å². The zero-order chi connectivity index (χ0) is 17.3. The zero-order valence-electron chi connectivity index (χ0n) is 14.8. The molecular formula is C20H25ClHgO2. The second-order valence-corrected chi connectivity index (χ2v) is 15.3. The van der Waals surface area contributed by atoms with Crippen LogP contribution in [-0.2, 0) is 28.1 Å². The first kappa shape index (κ1) is 17.5. The molecule has 4 aliphatic rings. The first-order valence-electron chi connectivity index (χ1n) is 9.18. The summed E-state index contributed by atoms with van der Waals surface area (Å²) in [6.45, 7) is 6.64. The number of halogens is 1. The van der Waals surface area contributed by atoms with Crippen LogP contribution in [-0.4, -0.2) is 16.5 Å². The summed E-state index contributed by atoms with van der Waals surface area (Å²) in [6.07, 6.45) is 12.8. The molecular weight excluding hydrogens is 508 g/mol. The van der Waals surface area contributed by atoms with Gasteiger partial charge in [0.1, 0.15) is 0 Å². The molecule has 0 bridgehead atoms. The number of hydrogen-bond donors (Lipinski definition) is 1. The van der Waals surface area contributed by atoms with Gasteiger partial charge in [0.2, 0.25) is 0 Å². The molecule has 4 aliphatic carbocycles. The molecule has 126 valence electrons. The molecule has 0 saturated heterocycles. The van der Waals surface area contributed by atoms with Crippen LogP contribution in [0.5, 0.6) is 0 Å². The summed E-state index contributed by atoms with van der Waals surface area (Å²) in [5, 5.41) is 11.0. The van der Waals surface area contributed by atoms with Crippen LogP contribution in [0.3, 0.4) is 0 Å². The van der Waals surface area contributed by atoms with Crippen molar-refractivity contribution in [1.82, 2.24) is 0 Å². The van der Waals surface area contributed by atoms with Gasteiger partial charge in [-0.25, -0.2) is 0 Å². The van der Waals surface area contributed by atoms with Gasteiger partial charge in [0.05, 0.1) is 0 Å². The number of aliphatic hydroxyl groups is 1. The Morgan fingerprint density at radius 2 is 1.92 bits per heavy atom. The number of ketones is 1. The van der Waals surface area contributed by atoms with Crippen LogP contribution in [0.2, 0.25) is 0 Å².